The molecule has 2 rings (SSSR count). The van der Waals surface area contributed by atoms with Crippen LogP contribution in [0.2, 0.25) is 5.02 Å². The van der Waals surface area contributed by atoms with Gasteiger partial charge in [-0.2, -0.15) is 0 Å². The van der Waals surface area contributed by atoms with Crippen LogP contribution < -0.4 is 5.73 Å². The highest BCUT2D eigenvalue weighted by atomic mass is 35.5. The molecule has 0 atom stereocenters. The number of nitrogen functional groups attached to an aromatic ring is 1. The molecule has 0 bridgehead atoms. The minimum Gasteiger partial charge on any atom is -0.384 e. The highest BCUT2D eigenvalue weighted by Gasteiger charge is 2.05. The minimum atomic E-state index is -0.367. The van der Waals surface area contributed by atoms with Gasteiger partial charge in [-0.15, -0.1) is 0 Å². The molecule has 2 nitrogen and oxygen atoms in total. The topological polar surface area (TPSA) is 38.9 Å². The maximum Gasteiger partial charge on any atom is 0.132 e. The van der Waals surface area contributed by atoms with Gasteiger partial charge in [0.1, 0.15) is 11.6 Å². The SMILES string of the molecule is Nc1ccc(-c2ccc(Cl)cc2F)cn1. The van der Waals surface area contributed by atoms with E-state index in [9.17, 15) is 4.39 Å². The van der Waals surface area contributed by atoms with Crippen LogP contribution in [0.15, 0.2) is 36.5 Å². The summed E-state index contributed by atoms with van der Waals surface area (Å²) in [6.45, 7) is 0. The molecule has 0 radical (unpaired) electrons. The molecule has 2 N–H and O–H groups in total. The second-order valence-electron chi connectivity index (χ2n) is 3.10. The van der Waals surface area contributed by atoms with Gasteiger partial charge < -0.3 is 5.73 Å². The first-order valence-corrected chi connectivity index (χ1v) is 4.71. The van der Waals surface area contributed by atoms with Gasteiger partial charge in [0.25, 0.3) is 0 Å². The Morgan fingerprint density at radius 3 is 2.60 bits per heavy atom. The summed E-state index contributed by atoms with van der Waals surface area (Å²) < 4.78 is 13.5. The van der Waals surface area contributed by atoms with Crippen molar-refractivity contribution in [3.63, 3.8) is 0 Å². The Morgan fingerprint density at radius 2 is 2.00 bits per heavy atom. The molecule has 0 aliphatic carbocycles. The van der Waals surface area contributed by atoms with E-state index in [1.165, 1.54) is 12.3 Å². The number of benzene rings is 1. The molecule has 2 aromatic rings. The number of hydrogen-bond donors (Lipinski definition) is 1. The summed E-state index contributed by atoms with van der Waals surface area (Å²) in [5.74, 6) is 0.0437. The van der Waals surface area contributed by atoms with Crippen molar-refractivity contribution in [2.75, 3.05) is 5.73 Å². The minimum absolute atomic E-state index is 0.367. The van der Waals surface area contributed by atoms with E-state index < -0.39 is 0 Å². The summed E-state index contributed by atoms with van der Waals surface area (Å²) >= 11 is 5.65. The number of nitrogens with two attached hydrogens (primary N) is 1. The van der Waals surface area contributed by atoms with E-state index in [2.05, 4.69) is 4.98 Å². The Labute approximate surface area is 91.5 Å². The van der Waals surface area contributed by atoms with Crippen LogP contribution in [0.3, 0.4) is 0 Å². The number of nitrogens with zero attached hydrogens (tertiary/aromatic N) is 1. The molecule has 76 valence electrons. The van der Waals surface area contributed by atoms with Gasteiger partial charge >= 0.3 is 0 Å². The van der Waals surface area contributed by atoms with Crippen LogP contribution in [-0.4, -0.2) is 4.98 Å². The number of hydrogen-bond acceptors (Lipinski definition) is 2. The molecule has 0 spiro atoms. The van der Waals surface area contributed by atoms with E-state index in [1.54, 1.807) is 24.3 Å². The summed E-state index contributed by atoms with van der Waals surface area (Å²) in [4.78, 5) is 3.90. The maximum atomic E-state index is 13.5. The third-order valence-corrected chi connectivity index (χ3v) is 2.26. The number of anilines is 1. The molecule has 0 amide bonds. The number of aromatic nitrogens is 1. The molecule has 0 saturated carbocycles. The van der Waals surface area contributed by atoms with Crippen molar-refractivity contribution in [3.05, 3.63) is 47.4 Å². The normalized spacial score (nSPS) is 10.3. The first-order valence-electron chi connectivity index (χ1n) is 4.34. The van der Waals surface area contributed by atoms with Crippen molar-refractivity contribution in [2.45, 2.75) is 0 Å². The lowest BCUT2D eigenvalue weighted by Crippen LogP contribution is -1.90. The molecule has 0 fully saturated rings. The molecule has 0 unspecified atom stereocenters. The molecule has 1 aromatic carbocycles. The molecule has 0 aliphatic heterocycles. The smallest absolute Gasteiger partial charge is 0.132 e. The molecule has 0 saturated heterocycles. The maximum absolute atomic E-state index is 13.5. The van der Waals surface area contributed by atoms with E-state index in [0.717, 1.165) is 0 Å². The van der Waals surface area contributed by atoms with Crippen molar-refractivity contribution >= 4 is 17.4 Å². The summed E-state index contributed by atoms with van der Waals surface area (Å²) in [5.41, 5.74) is 6.58. The number of pyridine rings is 1. The standard InChI is InChI=1S/C11H8ClFN2/c12-8-2-3-9(10(13)5-8)7-1-4-11(14)15-6-7/h1-6H,(H2,14,15). The highest BCUT2D eigenvalue weighted by molar-refractivity contribution is 6.30. The molecular formula is C11H8ClFN2. The largest absolute Gasteiger partial charge is 0.384 e. The molecule has 4 heteroatoms. The lowest BCUT2D eigenvalue weighted by atomic mass is 10.1. The van der Waals surface area contributed by atoms with Crippen LogP contribution in [0, 0.1) is 5.82 Å². The number of rotatable bonds is 1. The van der Waals surface area contributed by atoms with E-state index in [1.807, 2.05) is 0 Å². The summed E-state index contributed by atoms with van der Waals surface area (Å²) in [7, 11) is 0. The summed E-state index contributed by atoms with van der Waals surface area (Å²) in [5, 5.41) is 0.375. The van der Waals surface area contributed by atoms with E-state index in [0.29, 0.717) is 22.0 Å². The third kappa shape index (κ3) is 2.07. The van der Waals surface area contributed by atoms with Gasteiger partial charge in [-0.3, -0.25) is 0 Å². The van der Waals surface area contributed by atoms with E-state index in [4.69, 9.17) is 17.3 Å². The molecular weight excluding hydrogens is 215 g/mol. The second kappa shape index (κ2) is 3.87. The summed E-state index contributed by atoms with van der Waals surface area (Å²) in [6, 6.07) is 7.87. The first kappa shape index (κ1) is 9.93. The monoisotopic (exact) mass is 222 g/mol. The molecule has 0 aliphatic rings. The zero-order valence-electron chi connectivity index (χ0n) is 7.74. The van der Waals surface area contributed by atoms with Gasteiger partial charge in [0.2, 0.25) is 0 Å². The van der Waals surface area contributed by atoms with Crippen molar-refractivity contribution < 1.29 is 4.39 Å². The highest BCUT2D eigenvalue weighted by Crippen LogP contribution is 2.24. The molecule has 15 heavy (non-hydrogen) atoms. The Bertz CT molecular complexity index is 482. The van der Waals surface area contributed by atoms with Crippen LogP contribution in [0.25, 0.3) is 11.1 Å². The van der Waals surface area contributed by atoms with E-state index >= 15 is 0 Å². The lowest BCUT2D eigenvalue weighted by Gasteiger charge is -2.03. The molecule has 1 aromatic heterocycles. The van der Waals surface area contributed by atoms with Crippen LogP contribution in [-0.2, 0) is 0 Å². The Morgan fingerprint density at radius 1 is 1.20 bits per heavy atom. The second-order valence-corrected chi connectivity index (χ2v) is 3.53. The lowest BCUT2D eigenvalue weighted by molar-refractivity contribution is 0.631. The average molecular weight is 223 g/mol. The quantitative estimate of drug-likeness (QED) is 0.805. The predicted octanol–water partition coefficient (Wildman–Crippen LogP) is 3.12. The Hall–Kier alpha value is -1.61. The number of halogens is 2. The molecule has 1 heterocycles. The fourth-order valence-electron chi connectivity index (χ4n) is 1.29. The van der Waals surface area contributed by atoms with Gasteiger partial charge in [-0.1, -0.05) is 11.6 Å². The zero-order valence-corrected chi connectivity index (χ0v) is 8.50. The fourth-order valence-corrected chi connectivity index (χ4v) is 1.45. The van der Waals surface area contributed by atoms with Gasteiger partial charge in [0, 0.05) is 22.3 Å². The van der Waals surface area contributed by atoms with Crippen LogP contribution in [0.4, 0.5) is 10.2 Å². The first-order chi connectivity index (χ1) is 7.16. The van der Waals surface area contributed by atoms with Crippen molar-refractivity contribution in [1.29, 1.82) is 0 Å². The average Bonchev–Trinajstić information content (AvgIpc) is 2.20. The Kier molecular flexibility index (Phi) is 2.56. The van der Waals surface area contributed by atoms with Gasteiger partial charge in [0.15, 0.2) is 0 Å². The van der Waals surface area contributed by atoms with E-state index in [-0.39, 0.29) is 5.82 Å². The van der Waals surface area contributed by atoms with Gasteiger partial charge in [0.05, 0.1) is 0 Å². The van der Waals surface area contributed by atoms with Gasteiger partial charge in [-0.25, -0.2) is 9.37 Å². The zero-order chi connectivity index (χ0) is 10.8. The summed E-state index contributed by atoms with van der Waals surface area (Å²) in [6.07, 6.45) is 1.53. The van der Waals surface area contributed by atoms with Gasteiger partial charge in [-0.05, 0) is 30.3 Å². The Balaban J connectivity index is 2.49. The fraction of sp³-hybridized carbons (Fsp3) is 0. The van der Waals surface area contributed by atoms with Crippen LogP contribution in [0.1, 0.15) is 0 Å². The van der Waals surface area contributed by atoms with Crippen molar-refractivity contribution in [2.24, 2.45) is 0 Å². The predicted molar refractivity (Wildman–Crippen MR) is 59.1 cm³/mol. The third-order valence-electron chi connectivity index (χ3n) is 2.03. The van der Waals surface area contributed by atoms with Crippen LogP contribution in [0.5, 0.6) is 0 Å². The van der Waals surface area contributed by atoms with Crippen molar-refractivity contribution in [1.82, 2.24) is 4.98 Å². The van der Waals surface area contributed by atoms with Crippen LogP contribution >= 0.6 is 11.6 Å². The van der Waals surface area contributed by atoms with Crippen molar-refractivity contribution in [3.8, 4) is 11.1 Å².